The van der Waals surface area contributed by atoms with Gasteiger partial charge in [-0.15, -0.1) is 0 Å². The summed E-state index contributed by atoms with van der Waals surface area (Å²) in [7, 11) is 0. The average molecular weight is 385 g/mol. The lowest BCUT2D eigenvalue weighted by atomic mass is 10.3. The molecule has 0 bridgehead atoms. The van der Waals surface area contributed by atoms with Crippen molar-refractivity contribution in [3.63, 3.8) is 0 Å². The average Bonchev–Trinajstić information content (AvgIpc) is 2.88. The van der Waals surface area contributed by atoms with Crippen molar-refractivity contribution in [2.24, 2.45) is 0 Å². The van der Waals surface area contributed by atoms with Crippen molar-refractivity contribution in [1.82, 2.24) is 19.7 Å². The van der Waals surface area contributed by atoms with Gasteiger partial charge in [0.25, 0.3) is 0 Å². The van der Waals surface area contributed by atoms with Crippen LogP contribution >= 0.6 is 23.4 Å². The first-order valence-corrected chi connectivity index (χ1v) is 8.55. The van der Waals surface area contributed by atoms with Crippen LogP contribution < -0.4 is 0 Å². The number of aryl methyl sites for hydroxylation is 1. The molecule has 2 heterocycles. The highest BCUT2D eigenvalue weighted by molar-refractivity contribution is 7.98. The minimum atomic E-state index is -4.50. The van der Waals surface area contributed by atoms with Crippen molar-refractivity contribution in [1.29, 1.82) is 0 Å². The Bertz CT molecular complexity index is 881. The molecule has 0 amide bonds. The van der Waals surface area contributed by atoms with Crippen LogP contribution in [0.25, 0.3) is 5.69 Å². The van der Waals surface area contributed by atoms with E-state index in [0.717, 1.165) is 35.3 Å². The fourth-order valence-corrected chi connectivity index (χ4v) is 3.48. The Balaban J connectivity index is 1.82. The Kier molecular flexibility index (Phi) is 5.01. The fraction of sp³-hybridized carbons (Fsp3) is 0.188. The highest BCUT2D eigenvalue weighted by atomic mass is 35.5. The summed E-state index contributed by atoms with van der Waals surface area (Å²) in [5.74, 6) is 0.318. The van der Waals surface area contributed by atoms with Crippen molar-refractivity contribution < 1.29 is 13.2 Å². The van der Waals surface area contributed by atoms with Crippen LogP contribution in [-0.4, -0.2) is 19.7 Å². The molecule has 1 aromatic carbocycles. The zero-order valence-corrected chi connectivity index (χ0v) is 14.5. The van der Waals surface area contributed by atoms with E-state index >= 15 is 0 Å². The molecule has 0 aliphatic heterocycles. The number of benzene rings is 1. The van der Waals surface area contributed by atoms with Gasteiger partial charge >= 0.3 is 6.18 Å². The SMILES string of the molecule is Cc1nn(-c2ccccc2)c(Cl)c1CSc1nccc(C(F)(F)F)n1. The van der Waals surface area contributed by atoms with E-state index in [4.69, 9.17) is 11.6 Å². The van der Waals surface area contributed by atoms with Crippen molar-refractivity contribution in [2.75, 3.05) is 0 Å². The first-order valence-electron chi connectivity index (χ1n) is 7.18. The molecular formula is C16H12ClF3N4S. The van der Waals surface area contributed by atoms with Crippen molar-refractivity contribution in [2.45, 2.75) is 24.0 Å². The van der Waals surface area contributed by atoms with Gasteiger partial charge in [0.1, 0.15) is 10.8 Å². The second-order valence-electron chi connectivity index (χ2n) is 5.11. The van der Waals surface area contributed by atoms with E-state index in [0.29, 0.717) is 16.6 Å². The quantitative estimate of drug-likeness (QED) is 0.472. The third-order valence-corrected chi connectivity index (χ3v) is 4.67. The molecule has 2 aromatic heterocycles. The van der Waals surface area contributed by atoms with Crippen LogP contribution in [0.1, 0.15) is 17.0 Å². The summed E-state index contributed by atoms with van der Waals surface area (Å²) in [6.45, 7) is 1.80. The molecule has 3 aromatic rings. The van der Waals surface area contributed by atoms with E-state index in [9.17, 15) is 13.2 Å². The number of rotatable bonds is 4. The molecule has 0 radical (unpaired) electrons. The summed E-state index contributed by atoms with van der Waals surface area (Å²) >= 11 is 7.48. The number of thioether (sulfide) groups is 1. The van der Waals surface area contributed by atoms with Crippen LogP contribution in [0, 0.1) is 6.92 Å². The van der Waals surface area contributed by atoms with Gasteiger partial charge in [-0.05, 0) is 25.1 Å². The normalized spacial score (nSPS) is 11.7. The molecule has 130 valence electrons. The molecular weight excluding hydrogens is 373 g/mol. The van der Waals surface area contributed by atoms with E-state index in [1.54, 1.807) is 11.6 Å². The number of hydrogen-bond acceptors (Lipinski definition) is 4. The lowest BCUT2D eigenvalue weighted by Gasteiger charge is -2.06. The number of hydrogen-bond donors (Lipinski definition) is 0. The minimum absolute atomic E-state index is 0.0396. The Morgan fingerprint density at radius 2 is 1.88 bits per heavy atom. The molecule has 0 N–H and O–H groups in total. The van der Waals surface area contributed by atoms with Crippen LogP contribution in [0.4, 0.5) is 13.2 Å². The number of halogens is 4. The third kappa shape index (κ3) is 3.96. The lowest BCUT2D eigenvalue weighted by Crippen LogP contribution is -2.08. The molecule has 0 aliphatic carbocycles. The van der Waals surface area contributed by atoms with E-state index in [1.807, 2.05) is 30.3 Å². The monoisotopic (exact) mass is 384 g/mol. The summed E-state index contributed by atoms with van der Waals surface area (Å²) in [6.07, 6.45) is -3.40. The molecule has 25 heavy (non-hydrogen) atoms. The predicted molar refractivity (Wildman–Crippen MR) is 89.9 cm³/mol. The first-order chi connectivity index (χ1) is 11.9. The number of aromatic nitrogens is 4. The molecule has 0 fully saturated rings. The van der Waals surface area contributed by atoms with Crippen LogP contribution in [0.2, 0.25) is 5.15 Å². The fourth-order valence-electron chi connectivity index (χ4n) is 2.14. The summed E-state index contributed by atoms with van der Waals surface area (Å²) in [5, 5.41) is 4.86. The molecule has 0 spiro atoms. The number of alkyl halides is 3. The van der Waals surface area contributed by atoms with Crippen molar-refractivity contribution in [3.8, 4) is 5.69 Å². The van der Waals surface area contributed by atoms with Gasteiger partial charge in [-0.25, -0.2) is 14.6 Å². The largest absolute Gasteiger partial charge is 0.433 e. The molecule has 0 unspecified atom stereocenters. The summed E-state index contributed by atoms with van der Waals surface area (Å²) in [5.41, 5.74) is 1.28. The van der Waals surface area contributed by atoms with Crippen molar-refractivity contribution in [3.05, 3.63) is 64.7 Å². The predicted octanol–water partition coefficient (Wildman–Crippen LogP) is 4.94. The maximum atomic E-state index is 12.7. The highest BCUT2D eigenvalue weighted by Crippen LogP contribution is 2.31. The molecule has 4 nitrogen and oxygen atoms in total. The first kappa shape index (κ1) is 17.8. The second kappa shape index (κ2) is 7.05. The van der Waals surface area contributed by atoms with Gasteiger partial charge < -0.3 is 0 Å². The Labute approximate surface area is 151 Å². The van der Waals surface area contributed by atoms with Crippen LogP contribution in [0.15, 0.2) is 47.8 Å². The lowest BCUT2D eigenvalue weighted by molar-refractivity contribution is -0.141. The van der Waals surface area contributed by atoms with Gasteiger partial charge in [-0.3, -0.25) is 0 Å². The van der Waals surface area contributed by atoms with E-state index < -0.39 is 11.9 Å². The Morgan fingerprint density at radius 1 is 1.16 bits per heavy atom. The highest BCUT2D eigenvalue weighted by Gasteiger charge is 2.32. The number of para-hydroxylation sites is 1. The van der Waals surface area contributed by atoms with Gasteiger partial charge in [-0.2, -0.15) is 18.3 Å². The molecule has 0 aliphatic rings. The molecule has 3 rings (SSSR count). The molecule has 0 saturated carbocycles. The second-order valence-corrected chi connectivity index (χ2v) is 6.41. The van der Waals surface area contributed by atoms with Gasteiger partial charge in [0.2, 0.25) is 0 Å². The van der Waals surface area contributed by atoms with Gasteiger partial charge in [0, 0.05) is 17.5 Å². The van der Waals surface area contributed by atoms with Gasteiger partial charge in [-0.1, -0.05) is 41.6 Å². The Morgan fingerprint density at radius 3 is 2.56 bits per heavy atom. The zero-order valence-electron chi connectivity index (χ0n) is 13.0. The maximum absolute atomic E-state index is 12.7. The standard InChI is InChI=1S/C16H12ClF3N4S/c1-10-12(14(17)24(23-10)11-5-3-2-4-6-11)9-25-15-21-8-7-13(22-15)16(18,19)20/h2-8H,9H2,1H3. The van der Waals surface area contributed by atoms with E-state index in [-0.39, 0.29) is 5.16 Å². The van der Waals surface area contributed by atoms with E-state index in [2.05, 4.69) is 15.1 Å². The molecule has 9 heteroatoms. The van der Waals surface area contributed by atoms with E-state index in [1.165, 1.54) is 0 Å². The summed E-state index contributed by atoms with van der Waals surface area (Å²) < 4.78 is 39.7. The summed E-state index contributed by atoms with van der Waals surface area (Å²) in [6, 6.07) is 10.2. The van der Waals surface area contributed by atoms with Crippen LogP contribution in [0.5, 0.6) is 0 Å². The van der Waals surface area contributed by atoms with Gasteiger partial charge in [0.15, 0.2) is 5.16 Å². The van der Waals surface area contributed by atoms with Gasteiger partial charge in [0.05, 0.1) is 11.4 Å². The zero-order chi connectivity index (χ0) is 18.0. The maximum Gasteiger partial charge on any atom is 0.433 e. The summed E-state index contributed by atoms with van der Waals surface area (Å²) in [4.78, 5) is 7.41. The smallest absolute Gasteiger partial charge is 0.231 e. The molecule has 0 saturated heterocycles. The third-order valence-electron chi connectivity index (χ3n) is 3.39. The Hall–Kier alpha value is -2.06. The topological polar surface area (TPSA) is 43.6 Å². The minimum Gasteiger partial charge on any atom is -0.231 e. The van der Waals surface area contributed by atoms with Crippen LogP contribution in [-0.2, 0) is 11.9 Å². The van der Waals surface area contributed by atoms with Crippen molar-refractivity contribution >= 4 is 23.4 Å². The number of nitrogens with zero attached hydrogens (tertiary/aromatic N) is 4. The molecule has 0 atom stereocenters. The van der Waals surface area contributed by atoms with Crippen LogP contribution in [0.3, 0.4) is 0 Å².